The van der Waals surface area contributed by atoms with Crippen molar-refractivity contribution in [2.45, 2.75) is 18.3 Å². The maximum Gasteiger partial charge on any atom is 0.320 e. The van der Waals surface area contributed by atoms with E-state index in [1.807, 2.05) is 34.5 Å². The number of nitrogens with zero attached hydrogens (tertiary/aromatic N) is 4. The molecule has 0 radical (unpaired) electrons. The minimum atomic E-state index is -0.163. The number of hydrogen-bond donors (Lipinski definition) is 0. The molecule has 1 aliphatic heterocycles. The zero-order valence-electron chi connectivity index (χ0n) is 14.4. The minimum absolute atomic E-state index is 0.138. The quantitative estimate of drug-likeness (QED) is 0.587. The van der Waals surface area contributed by atoms with Crippen LogP contribution in [-0.2, 0) is 29.7 Å². The summed E-state index contributed by atoms with van der Waals surface area (Å²) in [6, 6.07) is 10.2. The molecule has 134 valence electrons. The zero-order chi connectivity index (χ0) is 17.8. The number of carbonyl (C=O) groups excluding carboxylic acids is 1. The van der Waals surface area contributed by atoms with Crippen LogP contribution >= 0.6 is 24.0 Å². The van der Waals surface area contributed by atoms with Crippen molar-refractivity contribution in [3.63, 3.8) is 0 Å². The normalized spacial score (nSPS) is 18.2. The highest BCUT2D eigenvalue weighted by molar-refractivity contribution is 8.00. The first kappa shape index (κ1) is 18.2. The van der Waals surface area contributed by atoms with Crippen molar-refractivity contribution in [3.05, 3.63) is 46.5 Å². The molecule has 0 unspecified atom stereocenters. The van der Waals surface area contributed by atoms with Gasteiger partial charge in [0.05, 0.1) is 13.8 Å². The molecule has 1 aliphatic rings. The average molecular weight is 379 g/mol. The molecule has 2 heterocycles. The van der Waals surface area contributed by atoms with Gasteiger partial charge in [0.1, 0.15) is 11.1 Å². The Morgan fingerprint density at radius 3 is 2.88 bits per heavy atom. The Hall–Kier alpha value is -1.64. The van der Waals surface area contributed by atoms with Crippen molar-refractivity contribution in [1.29, 1.82) is 0 Å². The summed E-state index contributed by atoms with van der Waals surface area (Å²) in [5.41, 5.74) is 1.21. The molecule has 1 saturated heterocycles. The van der Waals surface area contributed by atoms with Gasteiger partial charge in [-0.1, -0.05) is 30.3 Å². The second-order valence-electron chi connectivity index (χ2n) is 6.02. The number of aromatic nitrogens is 3. The molecule has 0 spiro atoms. The molecule has 0 bridgehead atoms. The van der Waals surface area contributed by atoms with Crippen molar-refractivity contribution in [2.24, 2.45) is 7.05 Å². The summed E-state index contributed by atoms with van der Waals surface area (Å²) in [4.78, 5) is 14.0. The monoisotopic (exact) mass is 378 g/mol. The van der Waals surface area contributed by atoms with Crippen molar-refractivity contribution in [1.82, 2.24) is 19.2 Å². The molecule has 0 saturated carbocycles. The molecule has 1 fully saturated rings. The fourth-order valence-electron chi connectivity index (χ4n) is 2.85. The number of hydrogen-bond acceptors (Lipinski definition) is 6. The van der Waals surface area contributed by atoms with Crippen LogP contribution in [0.15, 0.2) is 30.3 Å². The molecule has 1 atom stereocenters. The van der Waals surface area contributed by atoms with E-state index in [1.54, 1.807) is 11.8 Å². The van der Waals surface area contributed by atoms with Crippen LogP contribution in [0.25, 0.3) is 0 Å². The van der Waals surface area contributed by atoms with Gasteiger partial charge in [-0.15, -0.1) is 11.8 Å². The van der Waals surface area contributed by atoms with E-state index in [9.17, 15) is 4.79 Å². The summed E-state index contributed by atoms with van der Waals surface area (Å²) >= 11 is 7.19. The summed E-state index contributed by atoms with van der Waals surface area (Å²) in [6.45, 7) is 2.16. The Balaban J connectivity index is 1.72. The van der Waals surface area contributed by atoms with Gasteiger partial charge in [-0.3, -0.25) is 9.69 Å². The summed E-state index contributed by atoms with van der Waals surface area (Å²) in [6.07, 6.45) is 0.745. The second kappa shape index (κ2) is 8.16. The van der Waals surface area contributed by atoms with Gasteiger partial charge in [-0.2, -0.15) is 5.10 Å². The van der Waals surface area contributed by atoms with E-state index in [2.05, 4.69) is 17.0 Å². The Kier molecular flexibility index (Phi) is 5.93. The lowest BCUT2D eigenvalue weighted by atomic mass is 10.1. The zero-order valence-corrected chi connectivity index (χ0v) is 16.1. The topological polar surface area (TPSA) is 52.3 Å². The smallest absolute Gasteiger partial charge is 0.320 e. The van der Waals surface area contributed by atoms with Gasteiger partial charge >= 0.3 is 5.97 Å². The highest BCUT2D eigenvalue weighted by Gasteiger charge is 2.27. The fraction of sp³-hybridized carbons (Fsp3) is 0.471. The summed E-state index contributed by atoms with van der Waals surface area (Å²) in [5, 5.41) is 4.56. The lowest BCUT2D eigenvalue weighted by Gasteiger charge is -2.30. The first-order valence-corrected chi connectivity index (χ1v) is 9.62. The maximum absolute atomic E-state index is 11.8. The highest BCUT2D eigenvalue weighted by atomic mass is 32.2. The van der Waals surface area contributed by atoms with Crippen molar-refractivity contribution >= 4 is 29.9 Å². The van der Waals surface area contributed by atoms with Gasteiger partial charge in [0.2, 0.25) is 0 Å². The van der Waals surface area contributed by atoms with E-state index in [1.165, 1.54) is 12.7 Å². The number of benzene rings is 1. The molecule has 8 heteroatoms. The predicted molar refractivity (Wildman–Crippen MR) is 101 cm³/mol. The van der Waals surface area contributed by atoms with Gasteiger partial charge in [-0.25, -0.2) is 4.68 Å². The van der Waals surface area contributed by atoms with E-state index < -0.39 is 0 Å². The molecule has 0 N–H and O–H groups in total. The molecule has 1 aromatic heterocycles. The van der Waals surface area contributed by atoms with Crippen LogP contribution in [0.5, 0.6) is 0 Å². The van der Waals surface area contributed by atoms with Crippen LogP contribution in [0.2, 0.25) is 0 Å². The molecule has 2 aromatic rings. The first-order valence-electron chi connectivity index (χ1n) is 8.17. The van der Waals surface area contributed by atoms with Gasteiger partial charge in [0, 0.05) is 32.3 Å². The standard InChI is InChI=1S/C17H22N4O2S2/c1-19-15(10-13-6-4-3-5-7-13)18-21(17(19)24)12-20-8-9-25-14(11-20)16(22)23-2/h3-7,14H,8-12H2,1-2H3/t14-/m1/s1. The Labute approximate surface area is 156 Å². The number of carbonyl (C=O) groups is 1. The largest absolute Gasteiger partial charge is 0.468 e. The number of methoxy groups -OCH3 is 1. The third kappa shape index (κ3) is 4.31. The lowest BCUT2D eigenvalue weighted by molar-refractivity contribution is -0.140. The SMILES string of the molecule is COC(=O)[C@H]1CN(Cn2nc(Cc3ccccc3)n(C)c2=S)CCS1. The molecule has 0 aliphatic carbocycles. The molecule has 3 rings (SSSR count). The molecular formula is C17H22N4O2S2. The van der Waals surface area contributed by atoms with Crippen LogP contribution in [0.3, 0.4) is 0 Å². The lowest BCUT2D eigenvalue weighted by Crippen LogP contribution is -2.42. The van der Waals surface area contributed by atoms with E-state index in [0.717, 1.165) is 24.5 Å². The summed E-state index contributed by atoms with van der Waals surface area (Å²) < 4.78 is 9.36. The average Bonchev–Trinajstić information content (AvgIpc) is 2.90. The van der Waals surface area contributed by atoms with Crippen LogP contribution in [0.1, 0.15) is 11.4 Å². The van der Waals surface area contributed by atoms with Gasteiger partial charge in [0.25, 0.3) is 0 Å². The molecule has 6 nitrogen and oxygen atoms in total. The number of thioether (sulfide) groups is 1. The molecule has 0 amide bonds. The molecule has 25 heavy (non-hydrogen) atoms. The second-order valence-corrected chi connectivity index (χ2v) is 7.70. The van der Waals surface area contributed by atoms with Crippen molar-refractivity contribution < 1.29 is 9.53 Å². The fourth-order valence-corrected chi connectivity index (χ4v) is 4.25. The molecule has 1 aromatic carbocycles. The third-order valence-electron chi connectivity index (χ3n) is 4.28. The highest BCUT2D eigenvalue weighted by Crippen LogP contribution is 2.20. The van der Waals surface area contributed by atoms with Crippen LogP contribution in [0.4, 0.5) is 0 Å². The van der Waals surface area contributed by atoms with Gasteiger partial charge < -0.3 is 9.30 Å². The van der Waals surface area contributed by atoms with Crippen LogP contribution < -0.4 is 0 Å². The Bertz CT molecular complexity index is 788. The molecular weight excluding hydrogens is 356 g/mol. The number of ether oxygens (including phenoxy) is 1. The van der Waals surface area contributed by atoms with E-state index in [-0.39, 0.29) is 11.2 Å². The van der Waals surface area contributed by atoms with Crippen LogP contribution in [-0.4, -0.2) is 56.4 Å². The third-order valence-corrected chi connectivity index (χ3v) is 5.93. The van der Waals surface area contributed by atoms with Crippen LogP contribution in [0, 0.1) is 4.77 Å². The van der Waals surface area contributed by atoms with E-state index in [4.69, 9.17) is 22.1 Å². The van der Waals surface area contributed by atoms with Gasteiger partial charge in [-0.05, 0) is 17.8 Å². The first-order chi connectivity index (χ1) is 12.1. The summed E-state index contributed by atoms with van der Waals surface area (Å²) in [7, 11) is 3.39. The van der Waals surface area contributed by atoms with E-state index >= 15 is 0 Å². The minimum Gasteiger partial charge on any atom is -0.468 e. The van der Waals surface area contributed by atoms with Gasteiger partial charge in [0.15, 0.2) is 4.77 Å². The van der Waals surface area contributed by atoms with Crippen molar-refractivity contribution in [3.8, 4) is 0 Å². The number of esters is 1. The van der Waals surface area contributed by atoms with E-state index in [0.29, 0.717) is 18.0 Å². The predicted octanol–water partition coefficient (Wildman–Crippen LogP) is 2.09. The van der Waals surface area contributed by atoms with Crippen molar-refractivity contribution in [2.75, 3.05) is 26.0 Å². The maximum atomic E-state index is 11.8. The Morgan fingerprint density at radius 2 is 2.16 bits per heavy atom. The summed E-state index contributed by atoms with van der Waals surface area (Å²) in [5.74, 6) is 1.67. The Morgan fingerprint density at radius 1 is 1.40 bits per heavy atom. The number of rotatable bonds is 5.